The van der Waals surface area contributed by atoms with Gasteiger partial charge < -0.3 is 4.98 Å². The van der Waals surface area contributed by atoms with Gasteiger partial charge in [-0.15, -0.1) is 0 Å². The SMILES string of the molecule is O=c1[nH]c2c(c3c1CCCC3)Cc1c(CN3CC[C@@H](F)C3)cccc1-2. The molecule has 0 unspecified atom stereocenters. The average Bonchev–Trinajstić information content (AvgIpc) is 3.20. The third-order valence-electron chi connectivity index (χ3n) is 6.15. The zero-order valence-electron chi connectivity index (χ0n) is 14.4. The number of pyridine rings is 1. The first-order chi connectivity index (χ1) is 12.2. The minimum absolute atomic E-state index is 0.103. The number of rotatable bonds is 2. The summed E-state index contributed by atoms with van der Waals surface area (Å²) < 4.78 is 13.5. The van der Waals surface area contributed by atoms with Crippen molar-refractivity contribution < 1.29 is 4.39 Å². The van der Waals surface area contributed by atoms with E-state index in [1.165, 1.54) is 34.2 Å². The molecule has 5 rings (SSSR count). The van der Waals surface area contributed by atoms with E-state index in [1.54, 1.807) is 0 Å². The number of nitrogens with zero attached hydrogens (tertiary/aromatic N) is 1. The maximum atomic E-state index is 13.5. The molecule has 1 aromatic carbocycles. The maximum absolute atomic E-state index is 13.5. The Hall–Kier alpha value is -1.94. The average molecular weight is 338 g/mol. The summed E-state index contributed by atoms with van der Waals surface area (Å²) in [6.07, 6.45) is 5.11. The molecular formula is C21H23FN2O. The molecule has 4 heteroatoms. The standard InChI is InChI=1S/C21H23FN2O/c22-14-8-9-24(12-14)11-13-4-3-7-16-18(13)10-19-15-5-1-2-6-17(15)21(25)23-20(16)19/h3-4,7,14H,1-2,5-6,8-12H2,(H,23,25)/t14-/m1/s1. The predicted octanol–water partition coefficient (Wildman–Crippen LogP) is 3.37. The lowest BCUT2D eigenvalue weighted by Crippen LogP contribution is -2.21. The smallest absolute Gasteiger partial charge is 0.251 e. The molecule has 3 aliphatic rings. The molecule has 25 heavy (non-hydrogen) atoms. The molecule has 0 radical (unpaired) electrons. The van der Waals surface area contributed by atoms with E-state index in [9.17, 15) is 9.18 Å². The fraction of sp³-hybridized carbons (Fsp3) is 0.476. The highest BCUT2D eigenvalue weighted by molar-refractivity contribution is 5.76. The Morgan fingerprint density at radius 2 is 1.96 bits per heavy atom. The summed E-state index contributed by atoms with van der Waals surface area (Å²) in [4.78, 5) is 17.9. The van der Waals surface area contributed by atoms with Crippen molar-refractivity contribution in [1.82, 2.24) is 9.88 Å². The van der Waals surface area contributed by atoms with Crippen LogP contribution in [0.4, 0.5) is 4.39 Å². The second-order valence-electron chi connectivity index (χ2n) is 7.71. The molecule has 1 aromatic heterocycles. The number of nitrogens with one attached hydrogen (secondary N) is 1. The normalized spacial score (nSPS) is 21.9. The Morgan fingerprint density at radius 1 is 1.12 bits per heavy atom. The maximum Gasteiger partial charge on any atom is 0.251 e. The molecule has 0 bridgehead atoms. The molecule has 0 amide bonds. The van der Waals surface area contributed by atoms with Gasteiger partial charge in [0.2, 0.25) is 0 Å². The van der Waals surface area contributed by atoms with Gasteiger partial charge in [0.25, 0.3) is 5.56 Å². The molecule has 1 aliphatic heterocycles. The van der Waals surface area contributed by atoms with Gasteiger partial charge in [0.05, 0.1) is 5.69 Å². The minimum Gasteiger partial charge on any atom is -0.321 e. The van der Waals surface area contributed by atoms with Crippen molar-refractivity contribution >= 4 is 0 Å². The summed E-state index contributed by atoms with van der Waals surface area (Å²) in [5.74, 6) is 0. The number of aromatic nitrogens is 1. The summed E-state index contributed by atoms with van der Waals surface area (Å²) in [6.45, 7) is 2.19. The van der Waals surface area contributed by atoms with Crippen LogP contribution in [0.15, 0.2) is 23.0 Å². The van der Waals surface area contributed by atoms with Gasteiger partial charge >= 0.3 is 0 Å². The first kappa shape index (κ1) is 15.3. The minimum atomic E-state index is -0.683. The fourth-order valence-electron chi connectivity index (χ4n) is 4.90. The van der Waals surface area contributed by atoms with Crippen LogP contribution in [0.5, 0.6) is 0 Å². The van der Waals surface area contributed by atoms with E-state index >= 15 is 0 Å². The molecule has 1 fully saturated rings. The zero-order chi connectivity index (χ0) is 17.0. The van der Waals surface area contributed by atoms with Gasteiger partial charge in [-0.2, -0.15) is 0 Å². The lowest BCUT2D eigenvalue weighted by Gasteiger charge is -2.18. The largest absolute Gasteiger partial charge is 0.321 e. The van der Waals surface area contributed by atoms with Crippen molar-refractivity contribution in [3.63, 3.8) is 0 Å². The molecule has 2 heterocycles. The molecule has 2 aliphatic carbocycles. The number of H-pyrrole nitrogens is 1. The summed E-state index contributed by atoms with van der Waals surface area (Å²) >= 11 is 0. The number of fused-ring (bicyclic) bond motifs is 5. The van der Waals surface area contributed by atoms with Gasteiger partial charge in [0, 0.05) is 37.2 Å². The lowest BCUT2D eigenvalue weighted by atomic mass is 9.88. The van der Waals surface area contributed by atoms with Crippen molar-refractivity contribution in [2.45, 2.75) is 51.2 Å². The number of likely N-dealkylation sites (tertiary alicyclic amines) is 1. The van der Waals surface area contributed by atoms with E-state index in [1.807, 2.05) is 0 Å². The number of halogens is 1. The Labute approximate surface area is 146 Å². The topological polar surface area (TPSA) is 36.1 Å². The molecule has 0 saturated carbocycles. The van der Waals surface area contributed by atoms with Crippen LogP contribution in [0, 0.1) is 0 Å². The summed E-state index contributed by atoms with van der Waals surface area (Å²) in [5, 5.41) is 0. The lowest BCUT2D eigenvalue weighted by molar-refractivity contribution is 0.282. The first-order valence-corrected chi connectivity index (χ1v) is 9.45. The highest BCUT2D eigenvalue weighted by Gasteiger charge is 2.29. The van der Waals surface area contributed by atoms with Crippen LogP contribution in [0.2, 0.25) is 0 Å². The third kappa shape index (κ3) is 2.46. The van der Waals surface area contributed by atoms with Crippen LogP contribution in [-0.2, 0) is 25.8 Å². The molecule has 3 nitrogen and oxygen atoms in total. The van der Waals surface area contributed by atoms with E-state index in [4.69, 9.17) is 0 Å². The van der Waals surface area contributed by atoms with Gasteiger partial charge in [-0.3, -0.25) is 9.69 Å². The second-order valence-corrected chi connectivity index (χ2v) is 7.71. The highest BCUT2D eigenvalue weighted by Crippen LogP contribution is 2.40. The van der Waals surface area contributed by atoms with E-state index in [-0.39, 0.29) is 5.56 Å². The number of alkyl halides is 1. The second kappa shape index (κ2) is 5.80. The molecule has 1 atom stereocenters. The quantitative estimate of drug-likeness (QED) is 0.778. The van der Waals surface area contributed by atoms with Crippen LogP contribution < -0.4 is 5.56 Å². The van der Waals surface area contributed by atoms with Crippen molar-refractivity contribution in [2.75, 3.05) is 13.1 Å². The van der Waals surface area contributed by atoms with E-state index in [2.05, 4.69) is 28.1 Å². The molecule has 130 valence electrons. The van der Waals surface area contributed by atoms with Crippen molar-refractivity contribution in [2.24, 2.45) is 0 Å². The van der Waals surface area contributed by atoms with Crippen LogP contribution in [0.3, 0.4) is 0 Å². The Morgan fingerprint density at radius 3 is 2.76 bits per heavy atom. The van der Waals surface area contributed by atoms with Crippen LogP contribution in [0.25, 0.3) is 11.3 Å². The van der Waals surface area contributed by atoms with Crippen LogP contribution in [0.1, 0.15) is 47.1 Å². The van der Waals surface area contributed by atoms with Gasteiger partial charge in [-0.1, -0.05) is 18.2 Å². The Kier molecular flexibility index (Phi) is 3.56. The fourth-order valence-corrected chi connectivity index (χ4v) is 4.90. The van der Waals surface area contributed by atoms with Gasteiger partial charge in [-0.25, -0.2) is 4.39 Å². The summed E-state index contributed by atoms with van der Waals surface area (Å²) in [6, 6.07) is 6.36. The first-order valence-electron chi connectivity index (χ1n) is 9.45. The van der Waals surface area contributed by atoms with Crippen molar-refractivity contribution in [3.05, 3.63) is 56.4 Å². The van der Waals surface area contributed by atoms with Gasteiger partial charge in [0.1, 0.15) is 6.17 Å². The van der Waals surface area contributed by atoms with E-state index in [0.717, 1.165) is 50.0 Å². The van der Waals surface area contributed by atoms with E-state index < -0.39 is 6.17 Å². The summed E-state index contributed by atoms with van der Waals surface area (Å²) in [5.41, 5.74) is 8.58. The molecule has 1 saturated heterocycles. The molecule has 1 N–H and O–H groups in total. The number of hydrogen-bond acceptors (Lipinski definition) is 2. The summed E-state index contributed by atoms with van der Waals surface area (Å²) in [7, 11) is 0. The monoisotopic (exact) mass is 338 g/mol. The Bertz CT molecular complexity index is 901. The number of aromatic amines is 1. The third-order valence-corrected chi connectivity index (χ3v) is 6.15. The van der Waals surface area contributed by atoms with Crippen molar-refractivity contribution in [1.29, 1.82) is 0 Å². The van der Waals surface area contributed by atoms with Crippen LogP contribution >= 0.6 is 0 Å². The van der Waals surface area contributed by atoms with Gasteiger partial charge in [-0.05, 0) is 54.4 Å². The van der Waals surface area contributed by atoms with Crippen LogP contribution in [-0.4, -0.2) is 29.1 Å². The Balaban J connectivity index is 1.56. The van der Waals surface area contributed by atoms with Gasteiger partial charge in [0.15, 0.2) is 0 Å². The van der Waals surface area contributed by atoms with Crippen molar-refractivity contribution in [3.8, 4) is 11.3 Å². The molecule has 0 spiro atoms. The predicted molar refractivity (Wildman–Crippen MR) is 96.7 cm³/mol. The zero-order valence-corrected chi connectivity index (χ0v) is 14.4. The molecular weight excluding hydrogens is 315 g/mol. The molecule has 2 aromatic rings. The number of hydrogen-bond donors (Lipinski definition) is 1. The highest BCUT2D eigenvalue weighted by atomic mass is 19.1. The van der Waals surface area contributed by atoms with E-state index in [0.29, 0.717) is 13.0 Å². The number of benzene rings is 1.